The maximum atomic E-state index is 12.9. The lowest BCUT2D eigenvalue weighted by atomic mass is 9.97. The van der Waals surface area contributed by atoms with Crippen molar-refractivity contribution in [3.63, 3.8) is 0 Å². The number of nitrogens with zero attached hydrogens (tertiary/aromatic N) is 1. The summed E-state index contributed by atoms with van der Waals surface area (Å²) in [5.41, 5.74) is 1.72. The Morgan fingerprint density at radius 3 is 2.30 bits per heavy atom. The van der Waals surface area contributed by atoms with E-state index in [1.54, 1.807) is 11.8 Å². The van der Waals surface area contributed by atoms with Gasteiger partial charge in [-0.05, 0) is 55.2 Å². The molecule has 33 heavy (non-hydrogen) atoms. The highest BCUT2D eigenvalue weighted by molar-refractivity contribution is 7.99. The Morgan fingerprint density at radius 1 is 0.939 bits per heavy atom. The molecule has 0 heterocycles. The molecule has 0 aliphatic heterocycles. The number of nitrogens with one attached hydrogen (secondary N) is 1. The van der Waals surface area contributed by atoms with Crippen LogP contribution in [0.5, 0.6) is 0 Å². The zero-order valence-electron chi connectivity index (χ0n) is 20.2. The number of amides is 2. The summed E-state index contributed by atoms with van der Waals surface area (Å²) in [5.74, 6) is -1.26. The molecular formula is C27H38N2O3S. The smallest absolute Gasteiger partial charge is 0.321 e. The first-order valence-corrected chi connectivity index (χ1v) is 13.0. The van der Waals surface area contributed by atoms with Crippen LogP contribution in [0, 0.1) is 0 Å². The van der Waals surface area contributed by atoms with Gasteiger partial charge in [-0.3, -0.25) is 9.69 Å². The molecule has 0 aliphatic carbocycles. The van der Waals surface area contributed by atoms with Crippen molar-refractivity contribution in [1.82, 2.24) is 5.32 Å². The van der Waals surface area contributed by atoms with E-state index in [0.29, 0.717) is 19.5 Å². The molecule has 5 nitrogen and oxygen atoms in total. The van der Waals surface area contributed by atoms with Crippen LogP contribution in [-0.2, 0) is 4.79 Å². The topological polar surface area (TPSA) is 69.6 Å². The Kier molecular flexibility index (Phi) is 11.9. The number of carbonyl (C=O) groups excluding carboxylic acids is 1. The molecule has 0 radical (unpaired) electrons. The fourth-order valence-corrected chi connectivity index (χ4v) is 4.55. The van der Waals surface area contributed by atoms with E-state index in [2.05, 4.69) is 25.2 Å². The summed E-state index contributed by atoms with van der Waals surface area (Å²) in [6.45, 7) is 7.59. The largest absolute Gasteiger partial charge is 0.481 e. The molecule has 1 atom stereocenters. The third-order valence-corrected chi connectivity index (χ3v) is 6.64. The molecule has 0 saturated carbocycles. The van der Waals surface area contributed by atoms with E-state index in [1.807, 2.05) is 54.3 Å². The SMILES string of the molecule is CCCCCCNC(=O)N(CCCC)c1cccc(Sc2ccc(C(CC)C(=O)O)cc2)c1. The number of hydrogen-bond acceptors (Lipinski definition) is 3. The van der Waals surface area contributed by atoms with Gasteiger partial charge >= 0.3 is 12.0 Å². The number of carboxylic acid groups (broad SMARTS) is 1. The molecule has 0 aromatic heterocycles. The minimum Gasteiger partial charge on any atom is -0.481 e. The quantitative estimate of drug-likeness (QED) is 0.284. The molecule has 0 fully saturated rings. The van der Waals surface area contributed by atoms with Gasteiger partial charge in [0.25, 0.3) is 0 Å². The lowest BCUT2D eigenvalue weighted by Gasteiger charge is -2.23. The van der Waals surface area contributed by atoms with E-state index in [4.69, 9.17) is 0 Å². The summed E-state index contributed by atoms with van der Waals surface area (Å²) < 4.78 is 0. The van der Waals surface area contributed by atoms with Gasteiger partial charge in [0.15, 0.2) is 0 Å². The number of unbranched alkanes of at least 4 members (excludes halogenated alkanes) is 4. The number of anilines is 1. The van der Waals surface area contributed by atoms with Crippen molar-refractivity contribution in [3.8, 4) is 0 Å². The summed E-state index contributed by atoms with van der Waals surface area (Å²) in [6, 6.07) is 15.8. The third-order valence-electron chi connectivity index (χ3n) is 5.64. The van der Waals surface area contributed by atoms with E-state index in [0.717, 1.165) is 46.7 Å². The fraction of sp³-hybridized carbons (Fsp3) is 0.481. The van der Waals surface area contributed by atoms with Crippen molar-refractivity contribution in [2.75, 3.05) is 18.0 Å². The molecule has 0 bridgehead atoms. The van der Waals surface area contributed by atoms with Gasteiger partial charge in [0.05, 0.1) is 5.92 Å². The van der Waals surface area contributed by atoms with Crippen molar-refractivity contribution >= 4 is 29.4 Å². The average molecular weight is 471 g/mol. The van der Waals surface area contributed by atoms with Gasteiger partial charge in [0.2, 0.25) is 0 Å². The molecule has 2 rings (SSSR count). The summed E-state index contributed by atoms with van der Waals surface area (Å²) >= 11 is 1.61. The fourth-order valence-electron chi connectivity index (χ4n) is 3.68. The number of aliphatic carboxylic acids is 1. The normalized spacial score (nSPS) is 11.7. The second kappa shape index (κ2) is 14.6. The van der Waals surface area contributed by atoms with E-state index < -0.39 is 11.9 Å². The summed E-state index contributed by atoms with van der Waals surface area (Å²) in [4.78, 5) is 28.2. The first-order chi connectivity index (χ1) is 16.0. The summed E-state index contributed by atoms with van der Waals surface area (Å²) in [7, 11) is 0. The molecule has 2 amide bonds. The molecule has 2 aromatic carbocycles. The van der Waals surface area contributed by atoms with Crippen LogP contribution in [0.4, 0.5) is 10.5 Å². The number of carbonyl (C=O) groups is 2. The second-order valence-electron chi connectivity index (χ2n) is 8.27. The van der Waals surface area contributed by atoms with Gasteiger partial charge in [-0.2, -0.15) is 0 Å². The molecule has 6 heteroatoms. The number of benzene rings is 2. The van der Waals surface area contributed by atoms with E-state index in [9.17, 15) is 14.7 Å². The van der Waals surface area contributed by atoms with Crippen molar-refractivity contribution in [2.45, 2.75) is 81.4 Å². The number of carboxylic acids is 1. The molecule has 2 aromatic rings. The van der Waals surface area contributed by atoms with Crippen LogP contribution in [0.25, 0.3) is 0 Å². The van der Waals surface area contributed by atoms with Gasteiger partial charge < -0.3 is 10.4 Å². The number of hydrogen-bond donors (Lipinski definition) is 2. The summed E-state index contributed by atoms with van der Waals surface area (Å²) in [6.07, 6.45) is 7.07. The molecule has 1 unspecified atom stereocenters. The average Bonchev–Trinajstić information content (AvgIpc) is 2.81. The van der Waals surface area contributed by atoms with E-state index in [-0.39, 0.29) is 6.03 Å². The molecule has 0 spiro atoms. The van der Waals surface area contributed by atoms with Gasteiger partial charge in [-0.15, -0.1) is 0 Å². The number of urea groups is 1. The second-order valence-corrected chi connectivity index (χ2v) is 9.41. The molecule has 0 saturated heterocycles. The molecule has 2 N–H and O–H groups in total. The summed E-state index contributed by atoms with van der Waals surface area (Å²) in [5, 5.41) is 12.5. The van der Waals surface area contributed by atoms with Crippen LogP contribution in [-0.4, -0.2) is 30.2 Å². The predicted molar refractivity (Wildman–Crippen MR) is 137 cm³/mol. The lowest BCUT2D eigenvalue weighted by molar-refractivity contribution is -0.138. The van der Waals surface area contributed by atoms with Crippen LogP contribution >= 0.6 is 11.8 Å². The highest BCUT2D eigenvalue weighted by Gasteiger charge is 2.18. The van der Waals surface area contributed by atoms with Crippen LogP contribution in [0.2, 0.25) is 0 Å². The van der Waals surface area contributed by atoms with E-state index in [1.165, 1.54) is 12.8 Å². The monoisotopic (exact) mass is 470 g/mol. The zero-order valence-corrected chi connectivity index (χ0v) is 21.0. The molecule has 180 valence electrons. The standard InChI is InChI=1S/C27H38N2O3S/c1-4-7-9-10-18-28-27(32)29(19-8-5-2)22-12-11-13-24(20-22)33-23-16-14-21(15-17-23)25(6-3)26(30)31/h11-17,20,25H,4-10,18-19H2,1-3H3,(H,28,32)(H,30,31). The van der Waals surface area contributed by atoms with Crippen molar-refractivity contribution in [1.29, 1.82) is 0 Å². The minimum absolute atomic E-state index is 0.0364. The van der Waals surface area contributed by atoms with E-state index >= 15 is 0 Å². The zero-order chi connectivity index (χ0) is 24.1. The lowest BCUT2D eigenvalue weighted by Crippen LogP contribution is -2.41. The molecule has 0 aliphatic rings. The highest BCUT2D eigenvalue weighted by atomic mass is 32.2. The van der Waals surface area contributed by atoms with Gasteiger partial charge in [0, 0.05) is 28.6 Å². The Hall–Kier alpha value is -2.47. The first kappa shape index (κ1) is 26.8. The van der Waals surface area contributed by atoms with Gasteiger partial charge in [-0.25, -0.2) is 4.79 Å². The van der Waals surface area contributed by atoms with Crippen molar-refractivity contribution in [3.05, 3.63) is 54.1 Å². The number of rotatable bonds is 14. The third kappa shape index (κ3) is 8.77. The van der Waals surface area contributed by atoms with Crippen molar-refractivity contribution < 1.29 is 14.7 Å². The Morgan fingerprint density at radius 2 is 1.67 bits per heavy atom. The predicted octanol–water partition coefficient (Wildman–Crippen LogP) is 7.31. The van der Waals surface area contributed by atoms with Gasteiger partial charge in [-0.1, -0.05) is 76.4 Å². The minimum atomic E-state index is -0.790. The first-order valence-electron chi connectivity index (χ1n) is 12.2. The maximum absolute atomic E-state index is 12.9. The van der Waals surface area contributed by atoms with Crippen LogP contribution in [0.3, 0.4) is 0 Å². The maximum Gasteiger partial charge on any atom is 0.321 e. The van der Waals surface area contributed by atoms with Crippen molar-refractivity contribution in [2.24, 2.45) is 0 Å². The Bertz CT molecular complexity index is 870. The Labute approximate surface area is 203 Å². The Balaban J connectivity index is 2.09. The molecular weight excluding hydrogens is 432 g/mol. The van der Waals surface area contributed by atoms with Gasteiger partial charge in [0.1, 0.15) is 0 Å². The van der Waals surface area contributed by atoms with Crippen LogP contribution in [0.1, 0.15) is 77.2 Å². The highest BCUT2D eigenvalue weighted by Crippen LogP contribution is 2.32. The van der Waals surface area contributed by atoms with Crippen LogP contribution in [0.15, 0.2) is 58.3 Å². The van der Waals surface area contributed by atoms with Crippen LogP contribution < -0.4 is 10.2 Å².